The van der Waals surface area contributed by atoms with Crippen LogP contribution in [0.5, 0.6) is 0 Å². The molecule has 0 spiro atoms. The Balaban J connectivity index is 3.01. The van der Waals surface area contributed by atoms with Crippen LogP contribution in [0.2, 0.25) is 0 Å². The predicted octanol–water partition coefficient (Wildman–Crippen LogP) is 1.52. The first kappa shape index (κ1) is 11.2. The van der Waals surface area contributed by atoms with E-state index in [4.69, 9.17) is 11.6 Å². The largest absolute Gasteiger partial charge is 0.314 e. The van der Waals surface area contributed by atoms with Gasteiger partial charge in [0.15, 0.2) is 0 Å². The second kappa shape index (κ2) is 6.84. The first-order valence-electron chi connectivity index (χ1n) is 3.58. The fraction of sp³-hybridized carbons (Fsp3) is 0.833. The Morgan fingerprint density at radius 2 is 2.08 bits per heavy atom. The summed E-state index contributed by atoms with van der Waals surface area (Å²) in [6, 6.07) is 0. The van der Waals surface area contributed by atoms with Gasteiger partial charge in [-0.1, -0.05) is 6.42 Å². The fourth-order valence-corrected chi connectivity index (χ4v) is 0.816. The minimum atomic E-state index is -0.827. The zero-order chi connectivity index (χ0) is 9.40. The van der Waals surface area contributed by atoms with Crippen molar-refractivity contribution >= 4 is 16.8 Å². The maximum atomic E-state index is 10.2. The zero-order valence-corrected chi connectivity index (χ0v) is 7.25. The van der Waals surface area contributed by atoms with Crippen LogP contribution in [-0.4, -0.2) is 16.9 Å². The SMILES string of the molecule is O=C(Cl)CCCCCO[N+](=O)[O-]. The van der Waals surface area contributed by atoms with Crippen molar-refractivity contribution in [2.45, 2.75) is 25.7 Å². The van der Waals surface area contributed by atoms with Gasteiger partial charge in [0.25, 0.3) is 5.09 Å². The number of carbonyl (C=O) groups is 1. The Morgan fingerprint density at radius 3 is 2.58 bits per heavy atom. The lowest BCUT2D eigenvalue weighted by atomic mass is 10.2. The fourth-order valence-electron chi connectivity index (χ4n) is 0.682. The molecule has 0 aromatic rings. The lowest BCUT2D eigenvalue weighted by molar-refractivity contribution is -0.757. The van der Waals surface area contributed by atoms with Gasteiger partial charge in [-0.15, -0.1) is 10.1 Å². The minimum absolute atomic E-state index is 0.0868. The maximum absolute atomic E-state index is 10.2. The highest BCUT2D eigenvalue weighted by molar-refractivity contribution is 6.63. The summed E-state index contributed by atoms with van der Waals surface area (Å²) in [6.07, 6.45) is 2.26. The van der Waals surface area contributed by atoms with E-state index in [2.05, 4.69) is 4.84 Å². The van der Waals surface area contributed by atoms with E-state index in [-0.39, 0.29) is 11.8 Å². The Morgan fingerprint density at radius 1 is 1.42 bits per heavy atom. The van der Waals surface area contributed by atoms with E-state index in [9.17, 15) is 14.9 Å². The van der Waals surface area contributed by atoms with Crippen molar-refractivity contribution in [3.05, 3.63) is 10.1 Å². The smallest absolute Gasteiger partial charge is 0.294 e. The van der Waals surface area contributed by atoms with Crippen molar-refractivity contribution in [1.29, 1.82) is 0 Å². The number of nitrogens with zero attached hydrogens (tertiary/aromatic N) is 1. The second-order valence-electron chi connectivity index (χ2n) is 2.22. The molecule has 0 N–H and O–H groups in total. The molecule has 0 saturated carbocycles. The molecule has 5 nitrogen and oxygen atoms in total. The molecule has 0 aliphatic carbocycles. The van der Waals surface area contributed by atoms with Crippen molar-refractivity contribution < 1.29 is 14.7 Å². The molecule has 0 saturated heterocycles. The Labute approximate surface area is 74.7 Å². The molecule has 0 bridgehead atoms. The molecule has 70 valence electrons. The zero-order valence-electron chi connectivity index (χ0n) is 6.49. The average Bonchev–Trinajstić information content (AvgIpc) is 1.95. The summed E-state index contributed by atoms with van der Waals surface area (Å²) in [5, 5.41) is 8.45. The lowest BCUT2D eigenvalue weighted by Gasteiger charge is -1.97. The molecule has 0 aromatic carbocycles. The van der Waals surface area contributed by atoms with Gasteiger partial charge in [0.2, 0.25) is 5.24 Å². The van der Waals surface area contributed by atoms with Crippen LogP contribution in [0.25, 0.3) is 0 Å². The molecule has 0 unspecified atom stereocenters. The molecule has 0 fully saturated rings. The number of unbranched alkanes of at least 4 members (excludes halogenated alkanes) is 2. The lowest BCUT2D eigenvalue weighted by Crippen LogP contribution is -2.01. The maximum Gasteiger partial charge on any atom is 0.294 e. The number of rotatable bonds is 7. The molecular formula is C6H10ClNO4. The summed E-state index contributed by atoms with van der Waals surface area (Å²) in [4.78, 5) is 23.9. The number of hydrogen-bond acceptors (Lipinski definition) is 4. The Kier molecular flexibility index (Phi) is 6.37. The van der Waals surface area contributed by atoms with Crippen LogP contribution in [-0.2, 0) is 9.63 Å². The van der Waals surface area contributed by atoms with Gasteiger partial charge >= 0.3 is 0 Å². The average molecular weight is 196 g/mol. The molecule has 0 radical (unpaired) electrons. The standard InChI is InChI=1S/C6H10ClNO4/c7-6(9)4-2-1-3-5-12-8(10)11/h1-5H2. The van der Waals surface area contributed by atoms with E-state index in [1.165, 1.54) is 0 Å². The molecular weight excluding hydrogens is 186 g/mol. The molecule has 12 heavy (non-hydrogen) atoms. The van der Waals surface area contributed by atoms with Gasteiger partial charge in [0.1, 0.15) is 0 Å². The minimum Gasteiger partial charge on any atom is -0.314 e. The van der Waals surface area contributed by atoms with Gasteiger partial charge in [0, 0.05) is 6.42 Å². The third kappa shape index (κ3) is 9.16. The molecule has 0 rings (SSSR count). The number of carbonyl (C=O) groups excluding carboxylic acids is 1. The molecule has 0 atom stereocenters. The van der Waals surface area contributed by atoms with Crippen molar-refractivity contribution in [2.75, 3.05) is 6.61 Å². The predicted molar refractivity (Wildman–Crippen MR) is 42.3 cm³/mol. The van der Waals surface area contributed by atoms with E-state index in [0.29, 0.717) is 25.7 Å². The first-order chi connectivity index (χ1) is 5.63. The highest BCUT2D eigenvalue weighted by Gasteiger charge is 1.97. The van der Waals surface area contributed by atoms with Gasteiger partial charge in [0.05, 0.1) is 6.61 Å². The Bertz CT molecular complexity index is 144. The van der Waals surface area contributed by atoms with E-state index in [1.54, 1.807) is 0 Å². The summed E-state index contributed by atoms with van der Waals surface area (Å²) in [5.41, 5.74) is 0. The second-order valence-corrected chi connectivity index (χ2v) is 2.64. The van der Waals surface area contributed by atoms with Gasteiger partial charge in [-0.25, -0.2) is 0 Å². The number of hydrogen-bond donors (Lipinski definition) is 0. The summed E-state index contributed by atoms with van der Waals surface area (Å²) < 4.78 is 0. The molecule has 0 aliphatic heterocycles. The third-order valence-electron chi connectivity index (χ3n) is 1.21. The summed E-state index contributed by atoms with van der Waals surface area (Å²) >= 11 is 5.06. The summed E-state index contributed by atoms with van der Waals surface area (Å²) in [6.45, 7) is 0.0868. The first-order valence-corrected chi connectivity index (χ1v) is 3.96. The van der Waals surface area contributed by atoms with Crippen molar-refractivity contribution in [3.8, 4) is 0 Å². The summed E-state index contributed by atoms with van der Waals surface area (Å²) in [5.74, 6) is 0. The summed E-state index contributed by atoms with van der Waals surface area (Å²) in [7, 11) is 0. The van der Waals surface area contributed by atoms with Crippen LogP contribution in [0, 0.1) is 10.1 Å². The van der Waals surface area contributed by atoms with Crippen LogP contribution >= 0.6 is 11.6 Å². The van der Waals surface area contributed by atoms with Gasteiger partial charge < -0.3 is 4.84 Å². The third-order valence-corrected chi connectivity index (χ3v) is 1.40. The number of halogens is 1. The molecule has 0 amide bonds. The van der Waals surface area contributed by atoms with Crippen LogP contribution < -0.4 is 0 Å². The van der Waals surface area contributed by atoms with E-state index >= 15 is 0 Å². The van der Waals surface area contributed by atoms with Crippen LogP contribution in [0.1, 0.15) is 25.7 Å². The van der Waals surface area contributed by atoms with Crippen LogP contribution in [0.15, 0.2) is 0 Å². The van der Waals surface area contributed by atoms with Crippen molar-refractivity contribution in [2.24, 2.45) is 0 Å². The molecule has 6 heteroatoms. The van der Waals surface area contributed by atoms with Gasteiger partial charge in [-0.3, -0.25) is 4.79 Å². The molecule has 0 aromatic heterocycles. The highest BCUT2D eigenvalue weighted by atomic mass is 35.5. The van der Waals surface area contributed by atoms with E-state index < -0.39 is 5.09 Å². The van der Waals surface area contributed by atoms with Crippen LogP contribution in [0.4, 0.5) is 0 Å². The Hall–Kier alpha value is -0.840. The van der Waals surface area contributed by atoms with Gasteiger partial charge in [-0.2, -0.15) is 0 Å². The van der Waals surface area contributed by atoms with Crippen LogP contribution in [0.3, 0.4) is 0 Å². The molecule has 0 aliphatic rings. The highest BCUT2D eigenvalue weighted by Crippen LogP contribution is 2.02. The topological polar surface area (TPSA) is 69.4 Å². The van der Waals surface area contributed by atoms with Crippen molar-refractivity contribution in [3.63, 3.8) is 0 Å². The van der Waals surface area contributed by atoms with Crippen molar-refractivity contribution in [1.82, 2.24) is 0 Å². The molecule has 0 heterocycles. The van der Waals surface area contributed by atoms with E-state index in [0.717, 1.165) is 0 Å². The monoisotopic (exact) mass is 195 g/mol. The van der Waals surface area contributed by atoms with Gasteiger partial charge in [-0.05, 0) is 24.4 Å². The van der Waals surface area contributed by atoms with E-state index in [1.807, 2.05) is 0 Å². The quantitative estimate of drug-likeness (QED) is 0.267. The normalized spacial score (nSPS) is 9.42.